The first-order chi connectivity index (χ1) is 8.92. The summed E-state index contributed by atoms with van der Waals surface area (Å²) in [6.45, 7) is 0. The Morgan fingerprint density at radius 1 is 1.21 bits per heavy atom. The first-order valence-electron chi connectivity index (χ1n) is 6.31. The van der Waals surface area contributed by atoms with E-state index < -0.39 is 17.3 Å². The number of hydrogen-bond donors (Lipinski definition) is 1. The lowest BCUT2D eigenvalue weighted by Crippen LogP contribution is -2.50. The highest BCUT2D eigenvalue weighted by atomic mass is 19.4. The highest BCUT2D eigenvalue weighted by Crippen LogP contribution is 2.41. The zero-order valence-corrected chi connectivity index (χ0v) is 10.7. The molecule has 2 rings (SSSR count). The van der Waals surface area contributed by atoms with Gasteiger partial charge in [0.1, 0.15) is 5.54 Å². The highest BCUT2D eigenvalue weighted by molar-refractivity contribution is 5.90. The van der Waals surface area contributed by atoms with Gasteiger partial charge in [0.25, 0.3) is 0 Å². The second-order valence-corrected chi connectivity index (χ2v) is 4.83. The lowest BCUT2D eigenvalue weighted by Gasteiger charge is -2.37. The van der Waals surface area contributed by atoms with Crippen molar-refractivity contribution in [2.75, 3.05) is 7.05 Å². The molecule has 1 fully saturated rings. The van der Waals surface area contributed by atoms with Crippen LogP contribution in [0.5, 0.6) is 0 Å². The first kappa shape index (κ1) is 14.1. The van der Waals surface area contributed by atoms with Gasteiger partial charge >= 0.3 is 6.18 Å². The molecule has 19 heavy (non-hydrogen) atoms. The fraction of sp³-hybridized carbons (Fsp3) is 0.500. The van der Waals surface area contributed by atoms with E-state index >= 15 is 0 Å². The number of ketones is 1. The molecular formula is C14H16F3NO. The molecule has 0 bridgehead atoms. The Kier molecular flexibility index (Phi) is 3.67. The van der Waals surface area contributed by atoms with Crippen molar-refractivity contribution in [2.45, 2.75) is 37.4 Å². The van der Waals surface area contributed by atoms with Crippen molar-refractivity contribution in [3.63, 3.8) is 0 Å². The Morgan fingerprint density at radius 2 is 1.89 bits per heavy atom. The van der Waals surface area contributed by atoms with E-state index in [0.717, 1.165) is 18.9 Å². The van der Waals surface area contributed by atoms with E-state index in [1.54, 1.807) is 13.1 Å². The molecule has 1 aliphatic carbocycles. The van der Waals surface area contributed by atoms with Crippen LogP contribution in [0.1, 0.15) is 36.8 Å². The maximum Gasteiger partial charge on any atom is 0.416 e. The van der Waals surface area contributed by atoms with Crippen molar-refractivity contribution in [3.05, 3.63) is 35.4 Å². The average Bonchev–Trinajstić information content (AvgIpc) is 2.39. The summed E-state index contributed by atoms with van der Waals surface area (Å²) >= 11 is 0. The number of Topliss-reactive ketones (excluding diaryl/α,β-unsaturated/α-hetero) is 1. The van der Waals surface area contributed by atoms with E-state index in [2.05, 4.69) is 5.32 Å². The van der Waals surface area contributed by atoms with Crippen LogP contribution < -0.4 is 5.32 Å². The second kappa shape index (κ2) is 4.96. The first-order valence-corrected chi connectivity index (χ1v) is 6.31. The van der Waals surface area contributed by atoms with Crippen LogP contribution in [0.4, 0.5) is 13.2 Å². The topological polar surface area (TPSA) is 29.1 Å². The minimum atomic E-state index is -4.45. The maximum absolute atomic E-state index is 13.1. The predicted octanol–water partition coefficient (Wildman–Crippen LogP) is 3.26. The standard InChI is InChI=1S/C14H16F3NO/c1-18-13(9-5-4-8-12(13)19)10-6-2-3-7-11(10)14(15,16)17/h2-3,6-7,18H,4-5,8-9H2,1H3/t13-/m0/s1. The Bertz CT molecular complexity index is 484. The normalized spacial score (nSPS) is 24.5. The minimum absolute atomic E-state index is 0.0506. The van der Waals surface area contributed by atoms with Crippen molar-refractivity contribution >= 4 is 5.78 Å². The number of halogens is 3. The zero-order chi connectivity index (χ0) is 14.1. The summed E-state index contributed by atoms with van der Waals surface area (Å²) in [4.78, 5) is 12.2. The molecule has 1 aromatic rings. The number of nitrogens with one attached hydrogen (secondary N) is 1. The number of alkyl halides is 3. The van der Waals surface area contributed by atoms with Crippen LogP contribution in [-0.2, 0) is 16.5 Å². The molecule has 1 saturated carbocycles. The van der Waals surface area contributed by atoms with Crippen molar-refractivity contribution in [3.8, 4) is 0 Å². The van der Waals surface area contributed by atoms with E-state index in [1.165, 1.54) is 12.1 Å². The van der Waals surface area contributed by atoms with Gasteiger partial charge in [-0.15, -0.1) is 0 Å². The van der Waals surface area contributed by atoms with Gasteiger partial charge in [-0.1, -0.05) is 24.6 Å². The van der Waals surface area contributed by atoms with E-state index in [1.807, 2.05) is 0 Å². The molecule has 104 valence electrons. The molecule has 1 aliphatic rings. The third-order valence-corrected chi connectivity index (χ3v) is 3.80. The molecule has 0 heterocycles. The van der Waals surface area contributed by atoms with E-state index in [-0.39, 0.29) is 11.3 Å². The summed E-state index contributed by atoms with van der Waals surface area (Å²) in [5.41, 5.74) is -1.86. The second-order valence-electron chi connectivity index (χ2n) is 4.83. The Morgan fingerprint density at radius 3 is 2.47 bits per heavy atom. The SMILES string of the molecule is CN[C@]1(c2ccccc2C(F)(F)F)CCCCC1=O. The average molecular weight is 271 g/mol. The molecule has 0 unspecified atom stereocenters. The Balaban J connectivity index is 2.58. The van der Waals surface area contributed by atoms with Gasteiger partial charge in [0.2, 0.25) is 0 Å². The van der Waals surface area contributed by atoms with Crippen LogP contribution in [0.15, 0.2) is 24.3 Å². The van der Waals surface area contributed by atoms with Gasteiger partial charge in [-0.25, -0.2) is 0 Å². The van der Waals surface area contributed by atoms with Crippen molar-refractivity contribution < 1.29 is 18.0 Å². The molecule has 0 saturated heterocycles. The highest BCUT2D eigenvalue weighted by Gasteiger charge is 2.45. The van der Waals surface area contributed by atoms with Crippen molar-refractivity contribution in [1.82, 2.24) is 5.32 Å². The van der Waals surface area contributed by atoms with Crippen LogP contribution in [0.25, 0.3) is 0 Å². The third-order valence-electron chi connectivity index (χ3n) is 3.80. The van der Waals surface area contributed by atoms with E-state index in [9.17, 15) is 18.0 Å². The molecule has 1 N–H and O–H groups in total. The Labute approximate surface area is 110 Å². The summed E-state index contributed by atoms with van der Waals surface area (Å²) in [6, 6.07) is 5.34. The number of likely N-dealkylation sites (N-methyl/N-ethyl adjacent to an activating group) is 1. The molecular weight excluding hydrogens is 255 g/mol. The molecule has 5 heteroatoms. The summed E-state index contributed by atoms with van der Waals surface area (Å²) < 4.78 is 39.3. The largest absolute Gasteiger partial charge is 0.416 e. The van der Waals surface area contributed by atoms with Crippen molar-refractivity contribution in [1.29, 1.82) is 0 Å². The monoisotopic (exact) mass is 271 g/mol. The lowest BCUT2D eigenvalue weighted by molar-refractivity contribution is -0.140. The van der Waals surface area contributed by atoms with Crippen LogP contribution in [0.2, 0.25) is 0 Å². The zero-order valence-electron chi connectivity index (χ0n) is 10.7. The van der Waals surface area contributed by atoms with E-state index in [0.29, 0.717) is 12.8 Å². The number of rotatable bonds is 2. The lowest BCUT2D eigenvalue weighted by atomic mass is 9.74. The van der Waals surface area contributed by atoms with Crippen LogP contribution in [0, 0.1) is 0 Å². The molecule has 0 spiro atoms. The van der Waals surface area contributed by atoms with Gasteiger partial charge in [0, 0.05) is 6.42 Å². The Hall–Kier alpha value is -1.36. The summed E-state index contributed by atoms with van der Waals surface area (Å²) in [7, 11) is 1.55. The fourth-order valence-electron chi connectivity index (χ4n) is 2.81. The summed E-state index contributed by atoms with van der Waals surface area (Å²) in [6.07, 6.45) is -2.21. The predicted molar refractivity (Wildman–Crippen MR) is 65.7 cm³/mol. The van der Waals surface area contributed by atoms with Crippen LogP contribution in [0.3, 0.4) is 0 Å². The van der Waals surface area contributed by atoms with Crippen LogP contribution >= 0.6 is 0 Å². The number of carbonyl (C=O) groups is 1. The van der Waals surface area contributed by atoms with Gasteiger partial charge in [-0.2, -0.15) is 13.2 Å². The van der Waals surface area contributed by atoms with Gasteiger partial charge in [0.15, 0.2) is 5.78 Å². The summed E-state index contributed by atoms with van der Waals surface area (Å²) in [5, 5.41) is 2.85. The van der Waals surface area contributed by atoms with Gasteiger partial charge in [0.05, 0.1) is 5.56 Å². The number of benzene rings is 1. The van der Waals surface area contributed by atoms with E-state index in [4.69, 9.17) is 0 Å². The van der Waals surface area contributed by atoms with Crippen molar-refractivity contribution in [2.24, 2.45) is 0 Å². The molecule has 0 aromatic heterocycles. The molecule has 2 nitrogen and oxygen atoms in total. The molecule has 1 aromatic carbocycles. The van der Waals surface area contributed by atoms with Crippen LogP contribution in [-0.4, -0.2) is 12.8 Å². The fourth-order valence-corrected chi connectivity index (χ4v) is 2.81. The molecule has 1 atom stereocenters. The third kappa shape index (κ3) is 2.39. The molecule has 0 aliphatic heterocycles. The van der Waals surface area contributed by atoms with Gasteiger partial charge < -0.3 is 5.32 Å². The molecule has 0 radical (unpaired) electrons. The number of hydrogen-bond acceptors (Lipinski definition) is 2. The summed E-state index contributed by atoms with van der Waals surface area (Å²) in [5.74, 6) is -0.155. The minimum Gasteiger partial charge on any atom is -0.304 e. The maximum atomic E-state index is 13.1. The number of carbonyl (C=O) groups excluding carboxylic acids is 1. The smallest absolute Gasteiger partial charge is 0.304 e. The van der Waals surface area contributed by atoms with Gasteiger partial charge in [-0.3, -0.25) is 4.79 Å². The van der Waals surface area contributed by atoms with Gasteiger partial charge in [-0.05, 0) is 31.5 Å². The molecule has 0 amide bonds. The quantitative estimate of drug-likeness (QED) is 0.894.